The van der Waals surface area contributed by atoms with Gasteiger partial charge in [-0.25, -0.2) is 4.39 Å². The molecule has 0 radical (unpaired) electrons. The van der Waals surface area contributed by atoms with E-state index in [0.717, 1.165) is 0 Å². The summed E-state index contributed by atoms with van der Waals surface area (Å²) in [6.07, 6.45) is 0.0270. The van der Waals surface area contributed by atoms with Crippen LogP contribution in [0.4, 0.5) is 15.8 Å². The molecule has 2 N–H and O–H groups in total. The predicted molar refractivity (Wildman–Crippen MR) is 97.0 cm³/mol. The molecule has 7 nitrogen and oxygen atoms in total. The van der Waals surface area contributed by atoms with Crippen LogP contribution < -0.4 is 4.90 Å². The first kappa shape index (κ1) is 17.2. The van der Waals surface area contributed by atoms with Crippen LogP contribution in [0.3, 0.4) is 0 Å². The molecule has 4 rings (SSSR count). The number of aromatic nitrogens is 1. The van der Waals surface area contributed by atoms with Gasteiger partial charge in [0.15, 0.2) is 5.69 Å². The van der Waals surface area contributed by atoms with Crippen LogP contribution in [0.1, 0.15) is 5.56 Å². The van der Waals surface area contributed by atoms with E-state index >= 15 is 0 Å². The maximum absolute atomic E-state index is 13.3. The van der Waals surface area contributed by atoms with Crippen LogP contribution in [-0.2, 0) is 16.0 Å². The summed E-state index contributed by atoms with van der Waals surface area (Å²) in [5, 5.41) is 18.3. The van der Waals surface area contributed by atoms with Crippen molar-refractivity contribution in [1.82, 2.24) is 4.98 Å². The SMILES string of the molecule is O=C(CN1C(=O)Cc2cc(F)ccc21)N=Nc1c(O)[nH]c2ccc(Cl)cc12. The number of hydrogen-bond acceptors (Lipinski definition) is 4. The van der Waals surface area contributed by atoms with Gasteiger partial charge in [0, 0.05) is 16.1 Å². The molecule has 0 unspecified atom stereocenters. The molecule has 27 heavy (non-hydrogen) atoms. The third-order valence-corrected chi connectivity index (χ3v) is 4.48. The number of anilines is 1. The summed E-state index contributed by atoms with van der Waals surface area (Å²) in [5.74, 6) is -1.69. The number of amides is 2. The lowest BCUT2D eigenvalue weighted by molar-refractivity contribution is -0.121. The van der Waals surface area contributed by atoms with Gasteiger partial charge < -0.3 is 15.0 Å². The van der Waals surface area contributed by atoms with Crippen LogP contribution in [0.2, 0.25) is 5.02 Å². The topological polar surface area (TPSA) is 98.1 Å². The van der Waals surface area contributed by atoms with Crippen molar-refractivity contribution in [2.75, 3.05) is 11.4 Å². The highest BCUT2D eigenvalue weighted by Crippen LogP contribution is 2.37. The maximum atomic E-state index is 13.3. The van der Waals surface area contributed by atoms with Gasteiger partial charge in [0.2, 0.25) is 11.8 Å². The molecule has 0 spiro atoms. The quantitative estimate of drug-likeness (QED) is 0.668. The molecule has 0 saturated heterocycles. The van der Waals surface area contributed by atoms with E-state index in [1.165, 1.54) is 23.1 Å². The summed E-state index contributed by atoms with van der Waals surface area (Å²) in [6, 6.07) is 8.84. The number of halogens is 2. The van der Waals surface area contributed by atoms with Gasteiger partial charge in [-0.15, -0.1) is 10.2 Å². The van der Waals surface area contributed by atoms with Crippen molar-refractivity contribution in [3.05, 3.63) is 52.8 Å². The highest BCUT2D eigenvalue weighted by atomic mass is 35.5. The monoisotopic (exact) mass is 386 g/mol. The number of nitrogens with zero attached hydrogens (tertiary/aromatic N) is 3. The Balaban J connectivity index is 1.56. The van der Waals surface area contributed by atoms with Gasteiger partial charge in [-0.1, -0.05) is 11.6 Å². The second-order valence-electron chi connectivity index (χ2n) is 6.04. The standard InChI is InChI=1S/C18H12ClFN4O3/c19-10-1-3-13-12(7-10)17(18(27)21-13)23-22-15(25)8-24-14-4-2-11(20)5-9(14)6-16(24)26/h1-5,7,21,27H,6,8H2. The number of azo groups is 1. The molecular formula is C18H12ClFN4O3. The summed E-state index contributed by atoms with van der Waals surface area (Å²) in [7, 11) is 0. The molecule has 2 amide bonds. The average Bonchev–Trinajstić information content (AvgIpc) is 3.08. The third kappa shape index (κ3) is 3.15. The first-order valence-electron chi connectivity index (χ1n) is 7.96. The number of carbonyl (C=O) groups is 2. The molecule has 0 aliphatic carbocycles. The van der Waals surface area contributed by atoms with E-state index in [1.807, 2.05) is 0 Å². The van der Waals surface area contributed by atoms with E-state index in [-0.39, 0.29) is 30.4 Å². The molecule has 1 aromatic heterocycles. The first-order chi connectivity index (χ1) is 12.9. The van der Waals surface area contributed by atoms with Gasteiger partial charge in [0.05, 0.1) is 11.9 Å². The number of fused-ring (bicyclic) bond motifs is 2. The molecule has 9 heteroatoms. The van der Waals surface area contributed by atoms with Crippen LogP contribution in [0.25, 0.3) is 10.9 Å². The fourth-order valence-corrected chi connectivity index (χ4v) is 3.21. The lowest BCUT2D eigenvalue weighted by Gasteiger charge is -2.14. The first-order valence-corrected chi connectivity index (χ1v) is 8.34. The molecule has 1 aliphatic rings. The van der Waals surface area contributed by atoms with Gasteiger partial charge in [-0.2, -0.15) is 0 Å². The zero-order valence-corrected chi connectivity index (χ0v) is 14.5. The Morgan fingerprint density at radius 1 is 1.30 bits per heavy atom. The fraction of sp³-hybridized carbons (Fsp3) is 0.111. The third-order valence-electron chi connectivity index (χ3n) is 4.24. The van der Waals surface area contributed by atoms with E-state index in [1.54, 1.807) is 18.2 Å². The van der Waals surface area contributed by atoms with E-state index in [4.69, 9.17) is 11.6 Å². The molecule has 0 fully saturated rings. The Morgan fingerprint density at radius 2 is 2.11 bits per heavy atom. The Hall–Kier alpha value is -3.26. The molecule has 2 aromatic carbocycles. The van der Waals surface area contributed by atoms with Crippen molar-refractivity contribution >= 4 is 45.7 Å². The maximum Gasteiger partial charge on any atom is 0.284 e. The van der Waals surface area contributed by atoms with Gasteiger partial charge in [-0.05, 0) is 42.0 Å². The van der Waals surface area contributed by atoms with Crippen LogP contribution in [0.5, 0.6) is 5.88 Å². The van der Waals surface area contributed by atoms with E-state index in [0.29, 0.717) is 27.2 Å². The molecule has 0 atom stereocenters. The smallest absolute Gasteiger partial charge is 0.284 e. The minimum Gasteiger partial charge on any atom is -0.493 e. The number of carbonyl (C=O) groups excluding carboxylic acids is 2. The molecular weight excluding hydrogens is 375 g/mol. The van der Waals surface area contributed by atoms with Crippen LogP contribution in [-0.4, -0.2) is 28.4 Å². The number of rotatable bonds is 3. The summed E-state index contributed by atoms with van der Waals surface area (Å²) < 4.78 is 13.3. The lowest BCUT2D eigenvalue weighted by Crippen LogP contribution is -2.31. The zero-order chi connectivity index (χ0) is 19.1. The number of benzene rings is 2. The van der Waals surface area contributed by atoms with Crippen molar-refractivity contribution in [2.24, 2.45) is 10.2 Å². The number of aromatic hydroxyl groups is 1. The van der Waals surface area contributed by atoms with Gasteiger partial charge in [0.25, 0.3) is 5.91 Å². The van der Waals surface area contributed by atoms with Crippen molar-refractivity contribution < 1.29 is 19.1 Å². The van der Waals surface area contributed by atoms with Crippen LogP contribution in [0.15, 0.2) is 46.6 Å². The highest BCUT2D eigenvalue weighted by Gasteiger charge is 2.29. The fourth-order valence-electron chi connectivity index (χ4n) is 3.03. The minimum atomic E-state index is -0.684. The molecule has 0 saturated carbocycles. The zero-order valence-electron chi connectivity index (χ0n) is 13.7. The molecule has 2 heterocycles. The summed E-state index contributed by atoms with van der Waals surface area (Å²) in [4.78, 5) is 28.2. The Morgan fingerprint density at radius 3 is 2.93 bits per heavy atom. The Labute approximate surface area is 157 Å². The van der Waals surface area contributed by atoms with Gasteiger partial charge >= 0.3 is 0 Å². The van der Waals surface area contributed by atoms with Gasteiger partial charge in [0.1, 0.15) is 12.4 Å². The highest BCUT2D eigenvalue weighted by molar-refractivity contribution is 6.31. The molecule has 0 bridgehead atoms. The van der Waals surface area contributed by atoms with E-state index in [9.17, 15) is 19.1 Å². The second kappa shape index (κ2) is 6.48. The van der Waals surface area contributed by atoms with Crippen LogP contribution in [0, 0.1) is 5.82 Å². The van der Waals surface area contributed by atoms with Gasteiger partial charge in [-0.3, -0.25) is 9.59 Å². The Kier molecular flexibility index (Phi) is 4.12. The minimum absolute atomic E-state index is 0.0270. The average molecular weight is 387 g/mol. The molecule has 1 aliphatic heterocycles. The van der Waals surface area contributed by atoms with E-state index in [2.05, 4.69) is 15.2 Å². The number of H-pyrrole nitrogens is 1. The van der Waals surface area contributed by atoms with Crippen molar-refractivity contribution in [3.8, 4) is 5.88 Å². The summed E-state index contributed by atoms with van der Waals surface area (Å²) in [6.45, 7) is -0.329. The predicted octanol–water partition coefficient (Wildman–Crippen LogP) is 3.87. The summed E-state index contributed by atoms with van der Waals surface area (Å²) in [5.41, 5.74) is 1.67. The largest absolute Gasteiger partial charge is 0.493 e. The molecule has 136 valence electrons. The van der Waals surface area contributed by atoms with E-state index < -0.39 is 11.7 Å². The van der Waals surface area contributed by atoms with Crippen LogP contribution >= 0.6 is 11.6 Å². The summed E-state index contributed by atoms with van der Waals surface area (Å²) >= 11 is 5.95. The second-order valence-corrected chi connectivity index (χ2v) is 6.47. The van der Waals surface area contributed by atoms with Crippen molar-refractivity contribution in [1.29, 1.82) is 0 Å². The van der Waals surface area contributed by atoms with Crippen molar-refractivity contribution in [3.63, 3.8) is 0 Å². The number of nitrogens with one attached hydrogen (secondary N) is 1. The normalized spacial score (nSPS) is 13.7. The molecule has 3 aromatic rings. The van der Waals surface area contributed by atoms with Crippen molar-refractivity contribution in [2.45, 2.75) is 6.42 Å². The Bertz CT molecular complexity index is 1130. The number of aromatic amines is 1. The number of hydrogen-bond donors (Lipinski definition) is 2. The lowest BCUT2D eigenvalue weighted by atomic mass is 10.1.